The molecule has 1 saturated heterocycles. The van der Waals surface area contributed by atoms with Crippen LogP contribution < -0.4 is 11.2 Å². The first kappa shape index (κ1) is 19.8. The van der Waals surface area contributed by atoms with Gasteiger partial charge in [-0.3, -0.25) is 24.2 Å². The second kappa shape index (κ2) is 9.32. The van der Waals surface area contributed by atoms with E-state index < -0.39 is 11.2 Å². The number of hydrogen-bond donors (Lipinski definition) is 2. The average Bonchev–Trinajstić information content (AvgIpc) is 2.66. The van der Waals surface area contributed by atoms with Crippen LogP contribution in [0.2, 0.25) is 0 Å². The van der Waals surface area contributed by atoms with Gasteiger partial charge in [-0.05, 0) is 26.2 Å². The Bertz CT molecular complexity index is 771. The third-order valence-electron chi connectivity index (χ3n) is 5.50. The topological polar surface area (TPSA) is 99.9 Å². The highest BCUT2D eigenvalue weighted by Crippen LogP contribution is 2.30. The van der Waals surface area contributed by atoms with Gasteiger partial charge in [0, 0.05) is 37.9 Å². The second-order valence-electron chi connectivity index (χ2n) is 7.39. The highest BCUT2D eigenvalue weighted by atomic mass is 16.5. The summed E-state index contributed by atoms with van der Waals surface area (Å²) in [6, 6.07) is -0.0593. The Morgan fingerprint density at radius 2 is 1.93 bits per heavy atom. The number of nitrogens with zero attached hydrogens (tertiary/aromatic N) is 3. The van der Waals surface area contributed by atoms with Crippen molar-refractivity contribution in [2.24, 2.45) is 4.99 Å². The van der Waals surface area contributed by atoms with Gasteiger partial charge in [0.25, 0.3) is 5.56 Å². The van der Waals surface area contributed by atoms with E-state index in [1.165, 1.54) is 4.57 Å². The fraction of sp³-hybridized carbons (Fsp3) is 0.737. The van der Waals surface area contributed by atoms with Crippen LogP contribution >= 0.6 is 0 Å². The minimum Gasteiger partial charge on any atom is -0.494 e. The van der Waals surface area contributed by atoms with Gasteiger partial charge < -0.3 is 9.84 Å². The van der Waals surface area contributed by atoms with Gasteiger partial charge in [0.15, 0.2) is 0 Å². The lowest BCUT2D eigenvalue weighted by molar-refractivity contribution is 0.0377. The van der Waals surface area contributed by atoms with Crippen molar-refractivity contribution in [3.8, 4) is 5.88 Å². The van der Waals surface area contributed by atoms with Crippen LogP contribution in [-0.2, 0) is 4.74 Å². The first-order valence-electron chi connectivity index (χ1n) is 9.97. The summed E-state index contributed by atoms with van der Waals surface area (Å²) in [5.74, 6) is -0.245. The fourth-order valence-electron chi connectivity index (χ4n) is 3.99. The molecular formula is C19H30N4O4. The number of aliphatic imine (C=N–C) groups is 1. The highest BCUT2D eigenvalue weighted by molar-refractivity contribution is 6.00. The zero-order valence-electron chi connectivity index (χ0n) is 16.1. The van der Waals surface area contributed by atoms with E-state index in [9.17, 15) is 14.7 Å². The average molecular weight is 378 g/mol. The molecule has 8 nitrogen and oxygen atoms in total. The van der Waals surface area contributed by atoms with E-state index in [2.05, 4.69) is 14.9 Å². The van der Waals surface area contributed by atoms with E-state index in [4.69, 9.17) is 4.74 Å². The smallest absolute Gasteiger partial charge is 0.331 e. The molecule has 0 bridgehead atoms. The number of rotatable bonds is 6. The molecule has 0 spiro atoms. The van der Waals surface area contributed by atoms with E-state index in [-0.39, 0.29) is 17.5 Å². The Hall–Kier alpha value is -1.93. The Balaban J connectivity index is 1.72. The molecule has 1 aliphatic heterocycles. The molecule has 1 aliphatic carbocycles. The van der Waals surface area contributed by atoms with Crippen LogP contribution in [0.3, 0.4) is 0 Å². The van der Waals surface area contributed by atoms with Gasteiger partial charge in [-0.1, -0.05) is 19.3 Å². The Morgan fingerprint density at radius 1 is 1.22 bits per heavy atom. The Morgan fingerprint density at radius 3 is 2.63 bits per heavy atom. The van der Waals surface area contributed by atoms with Crippen LogP contribution in [0.25, 0.3) is 0 Å². The lowest BCUT2D eigenvalue weighted by Crippen LogP contribution is -2.37. The summed E-state index contributed by atoms with van der Waals surface area (Å²) in [5, 5.41) is 10.7. The standard InChI is InChI=1S/C19H30N4O4/c1-14(20-8-5-9-22-10-12-27-13-11-22)16-17(24)21-19(26)23(18(16)25)15-6-3-2-4-7-15/h15,25H,2-13H2,1H3,(H,21,24,26). The van der Waals surface area contributed by atoms with Crippen LogP contribution in [0.1, 0.15) is 57.1 Å². The van der Waals surface area contributed by atoms with Crippen molar-refractivity contribution in [1.82, 2.24) is 14.5 Å². The molecule has 1 aromatic heterocycles. The maximum absolute atomic E-state index is 12.3. The molecule has 150 valence electrons. The van der Waals surface area contributed by atoms with Crippen molar-refractivity contribution in [2.45, 2.75) is 51.5 Å². The monoisotopic (exact) mass is 378 g/mol. The van der Waals surface area contributed by atoms with Crippen LogP contribution in [0.5, 0.6) is 5.88 Å². The summed E-state index contributed by atoms with van der Waals surface area (Å²) in [7, 11) is 0. The fourth-order valence-corrected chi connectivity index (χ4v) is 3.99. The zero-order chi connectivity index (χ0) is 19.2. The molecule has 27 heavy (non-hydrogen) atoms. The molecule has 0 aromatic carbocycles. The van der Waals surface area contributed by atoms with Crippen molar-refractivity contribution >= 4 is 5.71 Å². The number of ether oxygens (including phenoxy) is 1. The predicted octanol–water partition coefficient (Wildman–Crippen LogP) is 1.28. The maximum atomic E-state index is 12.3. The quantitative estimate of drug-likeness (QED) is 0.574. The van der Waals surface area contributed by atoms with Crippen molar-refractivity contribution in [1.29, 1.82) is 0 Å². The van der Waals surface area contributed by atoms with E-state index in [1.54, 1.807) is 6.92 Å². The maximum Gasteiger partial charge on any atom is 0.331 e. The molecule has 2 N–H and O–H groups in total. The summed E-state index contributed by atoms with van der Waals surface area (Å²) in [6.07, 6.45) is 5.76. The molecule has 1 saturated carbocycles. The van der Waals surface area contributed by atoms with Gasteiger partial charge in [-0.25, -0.2) is 4.79 Å². The van der Waals surface area contributed by atoms with Crippen LogP contribution in [-0.4, -0.2) is 64.7 Å². The largest absolute Gasteiger partial charge is 0.494 e. The Labute approximate surface area is 158 Å². The number of aromatic hydroxyl groups is 1. The third kappa shape index (κ3) is 4.87. The summed E-state index contributed by atoms with van der Waals surface area (Å²) in [4.78, 5) is 33.7. The van der Waals surface area contributed by atoms with E-state index in [0.717, 1.165) is 71.4 Å². The second-order valence-corrected chi connectivity index (χ2v) is 7.39. The van der Waals surface area contributed by atoms with Crippen molar-refractivity contribution in [3.63, 3.8) is 0 Å². The normalized spacial score (nSPS) is 20.1. The summed E-state index contributed by atoms with van der Waals surface area (Å²) in [6.45, 7) is 6.65. The first-order valence-corrected chi connectivity index (χ1v) is 9.97. The SMILES string of the molecule is CC(=NCCCN1CCOCC1)c1c(O)n(C2CCCCC2)c(=O)[nH]c1=O. The first-order chi connectivity index (χ1) is 13.1. The van der Waals surface area contributed by atoms with Crippen molar-refractivity contribution < 1.29 is 9.84 Å². The molecule has 2 heterocycles. The van der Waals surface area contributed by atoms with Gasteiger partial charge in [-0.2, -0.15) is 0 Å². The van der Waals surface area contributed by atoms with Crippen LogP contribution in [0.15, 0.2) is 14.6 Å². The number of aromatic amines is 1. The minimum atomic E-state index is -0.570. The zero-order valence-corrected chi connectivity index (χ0v) is 16.1. The highest BCUT2D eigenvalue weighted by Gasteiger charge is 2.23. The lowest BCUT2D eigenvalue weighted by Gasteiger charge is -2.26. The molecule has 0 radical (unpaired) electrons. The molecule has 2 aliphatic rings. The molecule has 8 heteroatoms. The van der Waals surface area contributed by atoms with Crippen molar-refractivity contribution in [2.75, 3.05) is 39.4 Å². The van der Waals surface area contributed by atoms with Crippen molar-refractivity contribution in [3.05, 3.63) is 26.4 Å². The molecular weight excluding hydrogens is 348 g/mol. The molecule has 0 unspecified atom stereocenters. The molecule has 2 fully saturated rings. The molecule has 0 amide bonds. The predicted molar refractivity (Wildman–Crippen MR) is 104 cm³/mol. The third-order valence-corrected chi connectivity index (χ3v) is 5.50. The lowest BCUT2D eigenvalue weighted by atomic mass is 9.95. The van der Waals surface area contributed by atoms with E-state index in [0.29, 0.717) is 12.3 Å². The summed E-state index contributed by atoms with van der Waals surface area (Å²) < 4.78 is 6.69. The summed E-state index contributed by atoms with van der Waals surface area (Å²) in [5.41, 5.74) is -0.515. The Kier molecular flexibility index (Phi) is 6.84. The molecule has 0 atom stereocenters. The number of hydrogen-bond acceptors (Lipinski definition) is 6. The minimum absolute atomic E-state index is 0.0593. The number of H-pyrrole nitrogens is 1. The van der Waals surface area contributed by atoms with Gasteiger partial charge in [0.1, 0.15) is 5.56 Å². The molecule has 1 aromatic rings. The van der Waals surface area contributed by atoms with Crippen LogP contribution in [0.4, 0.5) is 0 Å². The van der Waals surface area contributed by atoms with Gasteiger partial charge in [0.05, 0.1) is 13.2 Å². The van der Waals surface area contributed by atoms with E-state index >= 15 is 0 Å². The van der Waals surface area contributed by atoms with E-state index in [1.807, 2.05) is 0 Å². The van der Waals surface area contributed by atoms with Gasteiger partial charge in [0.2, 0.25) is 5.88 Å². The number of morpholine rings is 1. The van der Waals surface area contributed by atoms with Crippen LogP contribution in [0, 0.1) is 0 Å². The number of aromatic nitrogens is 2. The van der Waals surface area contributed by atoms with Gasteiger partial charge >= 0.3 is 5.69 Å². The molecule has 3 rings (SSSR count). The number of nitrogens with one attached hydrogen (secondary N) is 1. The summed E-state index contributed by atoms with van der Waals surface area (Å²) >= 11 is 0. The van der Waals surface area contributed by atoms with Gasteiger partial charge in [-0.15, -0.1) is 0 Å².